The number of imidazole rings is 1. The van der Waals surface area contributed by atoms with Gasteiger partial charge in [0.15, 0.2) is 5.65 Å². The van der Waals surface area contributed by atoms with Crippen LogP contribution >= 0.6 is 11.6 Å². The molecule has 0 aliphatic rings. The van der Waals surface area contributed by atoms with E-state index >= 15 is 0 Å². The van der Waals surface area contributed by atoms with E-state index in [1.165, 1.54) is 10.6 Å². The number of hydrogen-bond donors (Lipinski definition) is 1. The maximum absolute atomic E-state index is 12.3. The van der Waals surface area contributed by atoms with Crippen LogP contribution in [-0.4, -0.2) is 30.1 Å². The van der Waals surface area contributed by atoms with E-state index < -0.39 is 6.09 Å². The van der Waals surface area contributed by atoms with E-state index in [2.05, 4.69) is 20.4 Å². The number of rotatable bonds is 4. The number of aryl methyl sites for hydroxylation is 1. The average molecular weight is 399 g/mol. The second-order valence-corrected chi connectivity index (χ2v) is 7.11. The predicted molar refractivity (Wildman–Crippen MR) is 105 cm³/mol. The highest BCUT2D eigenvalue weighted by molar-refractivity contribution is 6.29. The summed E-state index contributed by atoms with van der Waals surface area (Å²) >= 11 is 6.10. The highest BCUT2D eigenvalue weighted by Crippen LogP contribution is 2.25. The van der Waals surface area contributed by atoms with Gasteiger partial charge in [0.25, 0.3) is 0 Å². The molecule has 4 rings (SSSR count). The molecule has 4 aromatic rings. The number of carbonyl (C=O) groups excluding carboxylic acids is 1. The lowest BCUT2D eigenvalue weighted by molar-refractivity contribution is 0.196. The fourth-order valence-corrected chi connectivity index (χ4v) is 3.20. The number of carbonyl (C=O) groups is 1. The first kappa shape index (κ1) is 18.2. The lowest BCUT2D eigenvalue weighted by Gasteiger charge is -2.08. The number of pyridine rings is 1. The lowest BCUT2D eigenvalue weighted by Crippen LogP contribution is -2.27. The molecule has 0 bridgehead atoms. The SMILES string of the molecule is Cc1c(CNC(=O)Oc2cc(Cl)nc3c(C(C)C)cnn23)nc2ccccn12. The van der Waals surface area contributed by atoms with Gasteiger partial charge >= 0.3 is 6.09 Å². The van der Waals surface area contributed by atoms with Crippen LogP contribution in [0.15, 0.2) is 36.7 Å². The summed E-state index contributed by atoms with van der Waals surface area (Å²) in [5, 5.41) is 7.22. The molecule has 28 heavy (non-hydrogen) atoms. The molecule has 144 valence electrons. The summed E-state index contributed by atoms with van der Waals surface area (Å²) in [5.41, 5.74) is 4.04. The summed E-state index contributed by atoms with van der Waals surface area (Å²) in [6.45, 7) is 6.25. The van der Waals surface area contributed by atoms with Crippen LogP contribution in [0.3, 0.4) is 0 Å². The van der Waals surface area contributed by atoms with E-state index in [9.17, 15) is 4.79 Å². The summed E-state index contributed by atoms with van der Waals surface area (Å²) in [4.78, 5) is 21.2. The second kappa shape index (κ2) is 7.12. The van der Waals surface area contributed by atoms with Gasteiger partial charge in [0.1, 0.15) is 10.8 Å². The van der Waals surface area contributed by atoms with Gasteiger partial charge < -0.3 is 14.5 Å². The molecule has 0 fully saturated rings. The zero-order valence-electron chi connectivity index (χ0n) is 15.7. The highest BCUT2D eigenvalue weighted by Gasteiger charge is 2.17. The number of halogens is 1. The topological polar surface area (TPSA) is 85.8 Å². The molecule has 1 N–H and O–H groups in total. The minimum Gasteiger partial charge on any atom is -0.391 e. The minimum atomic E-state index is -0.624. The summed E-state index contributed by atoms with van der Waals surface area (Å²) in [5.74, 6) is 0.411. The highest BCUT2D eigenvalue weighted by atomic mass is 35.5. The van der Waals surface area contributed by atoms with Crippen LogP contribution in [0.5, 0.6) is 5.88 Å². The summed E-state index contributed by atoms with van der Waals surface area (Å²) in [7, 11) is 0. The number of nitrogens with one attached hydrogen (secondary N) is 1. The van der Waals surface area contributed by atoms with Gasteiger partial charge in [0, 0.05) is 23.5 Å². The summed E-state index contributed by atoms with van der Waals surface area (Å²) in [6, 6.07) is 7.22. The largest absolute Gasteiger partial charge is 0.414 e. The first-order chi connectivity index (χ1) is 13.4. The molecule has 0 aromatic carbocycles. The third-order valence-electron chi connectivity index (χ3n) is 4.52. The fraction of sp³-hybridized carbons (Fsp3) is 0.263. The van der Waals surface area contributed by atoms with Crippen molar-refractivity contribution in [3.05, 3.63) is 58.8 Å². The molecular formula is C19H19ClN6O2. The van der Waals surface area contributed by atoms with Gasteiger partial charge in [0.2, 0.25) is 5.88 Å². The standard InChI is InChI=1S/C19H19ClN6O2/c1-11(2)13-9-22-26-17(8-15(20)24-18(13)26)28-19(27)21-10-14-12(3)25-7-5-4-6-16(25)23-14/h4-9,11H,10H2,1-3H3,(H,21,27). The van der Waals surface area contributed by atoms with Crippen molar-refractivity contribution in [1.82, 2.24) is 29.3 Å². The van der Waals surface area contributed by atoms with Crippen LogP contribution in [0.4, 0.5) is 4.79 Å². The molecule has 0 aliphatic carbocycles. The van der Waals surface area contributed by atoms with Crippen molar-refractivity contribution in [1.29, 1.82) is 0 Å². The monoisotopic (exact) mass is 398 g/mol. The van der Waals surface area contributed by atoms with Crippen LogP contribution in [0.2, 0.25) is 5.15 Å². The Hall–Kier alpha value is -3.13. The summed E-state index contributed by atoms with van der Waals surface area (Å²) in [6.07, 6.45) is 3.01. The van der Waals surface area contributed by atoms with E-state index in [4.69, 9.17) is 16.3 Å². The average Bonchev–Trinajstić information content (AvgIpc) is 3.22. The minimum absolute atomic E-state index is 0.200. The van der Waals surface area contributed by atoms with Crippen LogP contribution in [0.1, 0.15) is 36.7 Å². The molecule has 0 saturated heterocycles. The van der Waals surface area contributed by atoms with Crippen LogP contribution in [0.25, 0.3) is 11.3 Å². The Balaban J connectivity index is 1.53. The Bertz CT molecular complexity index is 1180. The third-order valence-corrected chi connectivity index (χ3v) is 4.72. The zero-order chi connectivity index (χ0) is 19.8. The molecule has 8 nitrogen and oxygen atoms in total. The van der Waals surface area contributed by atoms with Crippen molar-refractivity contribution in [2.45, 2.75) is 33.2 Å². The second-order valence-electron chi connectivity index (χ2n) is 6.72. The van der Waals surface area contributed by atoms with Crippen LogP contribution in [-0.2, 0) is 6.54 Å². The molecule has 4 heterocycles. The zero-order valence-corrected chi connectivity index (χ0v) is 16.4. The van der Waals surface area contributed by atoms with E-state index in [-0.39, 0.29) is 23.5 Å². The number of hydrogen-bond acceptors (Lipinski definition) is 5. The number of aromatic nitrogens is 5. The first-order valence-corrected chi connectivity index (χ1v) is 9.24. The van der Waals surface area contributed by atoms with E-state index in [0.29, 0.717) is 5.65 Å². The Kier molecular flexibility index (Phi) is 4.64. The number of amides is 1. The van der Waals surface area contributed by atoms with Gasteiger partial charge in [-0.2, -0.15) is 9.61 Å². The molecule has 0 unspecified atom stereocenters. The Morgan fingerprint density at radius 3 is 2.89 bits per heavy atom. The molecule has 0 aliphatic heterocycles. The molecule has 0 atom stereocenters. The van der Waals surface area contributed by atoms with Crippen molar-refractivity contribution in [3.8, 4) is 5.88 Å². The van der Waals surface area contributed by atoms with Gasteiger partial charge in [0.05, 0.1) is 18.4 Å². The number of nitrogens with zero attached hydrogens (tertiary/aromatic N) is 5. The van der Waals surface area contributed by atoms with Crippen molar-refractivity contribution in [3.63, 3.8) is 0 Å². The smallest absolute Gasteiger partial charge is 0.391 e. The van der Waals surface area contributed by atoms with Crippen LogP contribution in [0, 0.1) is 6.92 Å². The van der Waals surface area contributed by atoms with Gasteiger partial charge in [-0.15, -0.1) is 0 Å². The van der Waals surface area contributed by atoms with Crippen molar-refractivity contribution in [2.75, 3.05) is 0 Å². The quantitative estimate of drug-likeness (QED) is 0.529. The van der Waals surface area contributed by atoms with Gasteiger partial charge in [-0.25, -0.2) is 14.8 Å². The van der Waals surface area contributed by atoms with Crippen molar-refractivity contribution in [2.24, 2.45) is 0 Å². The van der Waals surface area contributed by atoms with Gasteiger partial charge in [-0.3, -0.25) is 0 Å². The van der Waals surface area contributed by atoms with Gasteiger partial charge in [-0.05, 0) is 25.0 Å². The summed E-state index contributed by atoms with van der Waals surface area (Å²) < 4.78 is 8.86. The van der Waals surface area contributed by atoms with E-state index in [0.717, 1.165) is 22.6 Å². The van der Waals surface area contributed by atoms with E-state index in [1.54, 1.807) is 6.20 Å². The fourth-order valence-electron chi connectivity index (χ4n) is 3.03. The maximum atomic E-state index is 12.3. The predicted octanol–water partition coefficient (Wildman–Crippen LogP) is 3.75. The molecule has 1 amide bonds. The molecular weight excluding hydrogens is 380 g/mol. The van der Waals surface area contributed by atoms with Crippen LogP contribution < -0.4 is 10.1 Å². The third kappa shape index (κ3) is 3.27. The molecule has 0 saturated carbocycles. The number of ether oxygens (including phenoxy) is 1. The lowest BCUT2D eigenvalue weighted by atomic mass is 10.1. The number of fused-ring (bicyclic) bond motifs is 2. The Morgan fingerprint density at radius 2 is 2.14 bits per heavy atom. The molecule has 0 radical (unpaired) electrons. The Morgan fingerprint density at radius 1 is 1.32 bits per heavy atom. The normalized spacial score (nSPS) is 11.5. The Labute approximate surface area is 166 Å². The van der Waals surface area contributed by atoms with Gasteiger partial charge in [-0.1, -0.05) is 31.5 Å². The molecule has 0 spiro atoms. The first-order valence-electron chi connectivity index (χ1n) is 8.86. The molecule has 4 aromatic heterocycles. The van der Waals surface area contributed by atoms with Crippen molar-refractivity contribution < 1.29 is 9.53 Å². The molecule has 9 heteroatoms. The van der Waals surface area contributed by atoms with E-state index in [1.807, 2.05) is 49.6 Å². The van der Waals surface area contributed by atoms with Crippen molar-refractivity contribution >= 4 is 29.0 Å². The maximum Gasteiger partial charge on any atom is 0.414 e.